The minimum atomic E-state index is -1.04. The van der Waals surface area contributed by atoms with Crippen molar-refractivity contribution in [3.05, 3.63) is 0 Å². The van der Waals surface area contributed by atoms with Crippen molar-refractivity contribution in [2.45, 2.75) is 37.8 Å². The van der Waals surface area contributed by atoms with E-state index in [0.29, 0.717) is 32.7 Å². The number of hydrogen-bond donors (Lipinski definition) is 3. The van der Waals surface area contributed by atoms with Crippen molar-refractivity contribution in [1.82, 2.24) is 10.6 Å². The first kappa shape index (κ1) is 15.7. The number of hydrogen-bond acceptors (Lipinski definition) is 4. The lowest BCUT2D eigenvalue weighted by Gasteiger charge is -2.25. The van der Waals surface area contributed by atoms with Crippen molar-refractivity contribution in [1.29, 1.82) is 0 Å². The van der Waals surface area contributed by atoms with Gasteiger partial charge in [0.2, 0.25) is 0 Å². The molecule has 1 aliphatic heterocycles. The van der Waals surface area contributed by atoms with E-state index in [1.54, 1.807) is 7.11 Å². The van der Waals surface area contributed by atoms with Crippen LogP contribution in [0, 0.1) is 0 Å². The lowest BCUT2D eigenvalue weighted by Crippen LogP contribution is -2.54. The number of carboxylic acid groups (broad SMARTS) is 1. The van der Waals surface area contributed by atoms with E-state index in [0.717, 1.165) is 6.42 Å². The van der Waals surface area contributed by atoms with Crippen LogP contribution in [-0.4, -0.2) is 55.6 Å². The average molecular weight is 274 g/mol. The van der Waals surface area contributed by atoms with E-state index in [4.69, 9.17) is 14.6 Å². The van der Waals surface area contributed by atoms with Gasteiger partial charge in [-0.1, -0.05) is 0 Å². The molecule has 2 unspecified atom stereocenters. The second-order valence-electron chi connectivity index (χ2n) is 4.99. The van der Waals surface area contributed by atoms with Gasteiger partial charge in [0, 0.05) is 20.3 Å². The first-order valence-corrected chi connectivity index (χ1v) is 6.35. The number of methoxy groups -OCH3 is 1. The minimum absolute atomic E-state index is 0.337. The summed E-state index contributed by atoms with van der Waals surface area (Å²) in [4.78, 5) is 22.8. The van der Waals surface area contributed by atoms with E-state index >= 15 is 0 Å². The van der Waals surface area contributed by atoms with Gasteiger partial charge in [-0.15, -0.1) is 0 Å². The first-order valence-electron chi connectivity index (χ1n) is 6.35. The van der Waals surface area contributed by atoms with Crippen LogP contribution < -0.4 is 10.6 Å². The van der Waals surface area contributed by atoms with Crippen molar-refractivity contribution in [2.24, 2.45) is 0 Å². The predicted octanol–water partition coefficient (Wildman–Crippen LogP) is 0.344. The molecule has 0 spiro atoms. The van der Waals surface area contributed by atoms with E-state index in [1.165, 1.54) is 0 Å². The number of ether oxygens (including phenoxy) is 2. The molecule has 1 heterocycles. The lowest BCUT2D eigenvalue weighted by molar-refractivity contribution is -0.139. The molecule has 2 atom stereocenters. The van der Waals surface area contributed by atoms with E-state index in [9.17, 15) is 9.59 Å². The summed E-state index contributed by atoms with van der Waals surface area (Å²) in [6.45, 7) is 3.40. The highest BCUT2D eigenvalue weighted by Gasteiger charge is 2.32. The molecule has 1 rings (SSSR count). The number of aliphatic carboxylic acids is 1. The molecule has 7 heteroatoms. The van der Waals surface area contributed by atoms with Crippen LogP contribution in [0.15, 0.2) is 0 Å². The highest BCUT2D eigenvalue weighted by Crippen LogP contribution is 2.17. The third-order valence-electron chi connectivity index (χ3n) is 3.08. The molecule has 2 amide bonds. The predicted molar refractivity (Wildman–Crippen MR) is 68.0 cm³/mol. The second kappa shape index (κ2) is 7.30. The number of rotatable bonds is 7. The van der Waals surface area contributed by atoms with Crippen LogP contribution in [0.3, 0.4) is 0 Å². The molecule has 0 radical (unpaired) electrons. The summed E-state index contributed by atoms with van der Waals surface area (Å²) in [5.74, 6) is -1.04. The molecule has 0 saturated carbocycles. The highest BCUT2D eigenvalue weighted by molar-refractivity contribution is 5.82. The van der Waals surface area contributed by atoms with Crippen molar-refractivity contribution in [3.63, 3.8) is 0 Å². The quantitative estimate of drug-likeness (QED) is 0.582. The number of carbonyl (C=O) groups is 2. The molecule has 0 aromatic rings. The summed E-state index contributed by atoms with van der Waals surface area (Å²) >= 11 is 0. The first-order chi connectivity index (χ1) is 8.97. The second-order valence-corrected chi connectivity index (χ2v) is 4.99. The van der Waals surface area contributed by atoms with Crippen molar-refractivity contribution in [3.8, 4) is 0 Å². The average Bonchev–Trinajstić information content (AvgIpc) is 2.74. The summed E-state index contributed by atoms with van der Waals surface area (Å²) < 4.78 is 10.1. The van der Waals surface area contributed by atoms with E-state index < -0.39 is 23.6 Å². The van der Waals surface area contributed by atoms with Gasteiger partial charge in [0.05, 0.1) is 12.1 Å². The Morgan fingerprint density at radius 2 is 2.26 bits per heavy atom. The maximum atomic E-state index is 11.8. The summed E-state index contributed by atoms with van der Waals surface area (Å²) in [5.41, 5.74) is -0.417. The van der Waals surface area contributed by atoms with Crippen molar-refractivity contribution < 1.29 is 24.2 Å². The molecule has 3 N–H and O–H groups in total. The Kier molecular flexibility index (Phi) is 6.04. The zero-order valence-electron chi connectivity index (χ0n) is 11.4. The molecule has 7 nitrogen and oxygen atoms in total. The van der Waals surface area contributed by atoms with Crippen LogP contribution in [0.5, 0.6) is 0 Å². The van der Waals surface area contributed by atoms with Crippen molar-refractivity contribution in [2.75, 3.05) is 26.9 Å². The van der Waals surface area contributed by atoms with Crippen LogP contribution in [0.1, 0.15) is 26.2 Å². The van der Waals surface area contributed by atoms with Crippen LogP contribution >= 0.6 is 0 Å². The molecule has 1 aliphatic rings. The van der Waals surface area contributed by atoms with E-state index in [1.807, 2.05) is 6.92 Å². The Morgan fingerprint density at radius 1 is 1.53 bits per heavy atom. The van der Waals surface area contributed by atoms with Crippen molar-refractivity contribution >= 4 is 12.0 Å². The normalized spacial score (nSPS) is 23.9. The van der Waals surface area contributed by atoms with Gasteiger partial charge >= 0.3 is 12.0 Å². The van der Waals surface area contributed by atoms with Gasteiger partial charge in [-0.3, -0.25) is 0 Å². The number of nitrogens with one attached hydrogen (secondary N) is 2. The Hall–Kier alpha value is -1.34. The summed E-state index contributed by atoms with van der Waals surface area (Å²) in [5, 5.41) is 14.3. The van der Waals surface area contributed by atoms with Gasteiger partial charge in [0.25, 0.3) is 0 Å². The zero-order chi connectivity index (χ0) is 14.3. The lowest BCUT2D eigenvalue weighted by atomic mass is 10.0. The maximum absolute atomic E-state index is 11.8. The topological polar surface area (TPSA) is 96.9 Å². The third kappa shape index (κ3) is 5.44. The Balaban J connectivity index is 2.40. The van der Waals surface area contributed by atoms with Gasteiger partial charge in [-0.2, -0.15) is 0 Å². The van der Waals surface area contributed by atoms with E-state index in [2.05, 4.69) is 10.6 Å². The fourth-order valence-corrected chi connectivity index (χ4v) is 1.92. The van der Waals surface area contributed by atoms with Crippen LogP contribution in [0.4, 0.5) is 4.79 Å². The van der Waals surface area contributed by atoms with Gasteiger partial charge < -0.3 is 25.2 Å². The molecule has 110 valence electrons. The summed E-state index contributed by atoms with van der Waals surface area (Å²) in [7, 11) is 1.55. The van der Waals surface area contributed by atoms with Gasteiger partial charge in [-0.25, -0.2) is 9.59 Å². The molecule has 1 fully saturated rings. The monoisotopic (exact) mass is 274 g/mol. The SMILES string of the molecule is COCCCC(NC(=O)NC1(C)CCOC1)C(=O)O. The number of urea groups is 1. The molecule has 0 aliphatic carbocycles. The molecule has 1 saturated heterocycles. The smallest absolute Gasteiger partial charge is 0.326 e. The molecule has 0 aromatic carbocycles. The van der Waals surface area contributed by atoms with Gasteiger partial charge in [0.15, 0.2) is 0 Å². The summed E-state index contributed by atoms with van der Waals surface area (Å²) in [6, 6.07) is -1.38. The largest absolute Gasteiger partial charge is 0.480 e. The number of carbonyl (C=O) groups excluding carboxylic acids is 1. The number of amides is 2. The fourth-order valence-electron chi connectivity index (χ4n) is 1.92. The van der Waals surface area contributed by atoms with Crippen LogP contribution in [-0.2, 0) is 14.3 Å². The highest BCUT2D eigenvalue weighted by atomic mass is 16.5. The standard InChI is InChI=1S/C12H22N2O5/c1-12(5-7-19-8-12)14-11(17)13-9(10(15)16)4-3-6-18-2/h9H,3-8H2,1-2H3,(H,15,16)(H2,13,14,17). The maximum Gasteiger partial charge on any atom is 0.326 e. The fraction of sp³-hybridized carbons (Fsp3) is 0.833. The van der Waals surface area contributed by atoms with Crippen LogP contribution in [0.25, 0.3) is 0 Å². The Morgan fingerprint density at radius 3 is 2.79 bits per heavy atom. The molecular weight excluding hydrogens is 252 g/mol. The van der Waals surface area contributed by atoms with E-state index in [-0.39, 0.29) is 0 Å². The molecule has 0 aromatic heterocycles. The van der Waals surface area contributed by atoms with Gasteiger partial charge in [-0.05, 0) is 26.2 Å². The zero-order valence-corrected chi connectivity index (χ0v) is 11.4. The Bertz CT molecular complexity index is 315. The molecule has 19 heavy (non-hydrogen) atoms. The minimum Gasteiger partial charge on any atom is -0.480 e. The number of carboxylic acids is 1. The molecule has 0 bridgehead atoms. The van der Waals surface area contributed by atoms with Gasteiger partial charge in [0.1, 0.15) is 6.04 Å². The molecular formula is C12H22N2O5. The third-order valence-corrected chi connectivity index (χ3v) is 3.08. The summed E-state index contributed by atoms with van der Waals surface area (Å²) in [6.07, 6.45) is 1.64. The van der Waals surface area contributed by atoms with Crippen LogP contribution in [0.2, 0.25) is 0 Å². The Labute approximate surface area is 112 Å².